The maximum absolute atomic E-state index is 5.35. The largest absolute Gasteiger partial charge is 0.337 e. The molecule has 1 atom stereocenters. The van der Waals surface area contributed by atoms with E-state index in [1.54, 1.807) is 6.20 Å². The number of nitrogens with one attached hydrogen (secondary N) is 1. The highest BCUT2D eigenvalue weighted by molar-refractivity contribution is 5.53. The van der Waals surface area contributed by atoms with Gasteiger partial charge in [0, 0.05) is 6.20 Å². The van der Waals surface area contributed by atoms with E-state index in [0.29, 0.717) is 11.7 Å². The van der Waals surface area contributed by atoms with Gasteiger partial charge in [-0.2, -0.15) is 4.98 Å². The molecule has 0 radical (unpaired) electrons. The number of hydrogen-bond acceptors (Lipinski definition) is 5. The van der Waals surface area contributed by atoms with Crippen molar-refractivity contribution in [1.29, 1.82) is 0 Å². The van der Waals surface area contributed by atoms with Crippen LogP contribution in [0.2, 0.25) is 0 Å². The summed E-state index contributed by atoms with van der Waals surface area (Å²) in [5, 5.41) is 7.43. The number of piperidine rings is 1. The molecule has 5 nitrogen and oxygen atoms in total. The summed E-state index contributed by atoms with van der Waals surface area (Å²) in [4.78, 5) is 8.76. The van der Waals surface area contributed by atoms with Crippen LogP contribution in [0.25, 0.3) is 11.5 Å². The van der Waals surface area contributed by atoms with Crippen LogP contribution in [-0.2, 0) is 0 Å². The molecule has 3 heterocycles. The quantitative estimate of drug-likeness (QED) is 0.877. The van der Waals surface area contributed by atoms with E-state index in [9.17, 15) is 0 Å². The summed E-state index contributed by atoms with van der Waals surface area (Å²) in [6.07, 6.45) is 5.23. The summed E-state index contributed by atoms with van der Waals surface area (Å²) in [5.41, 5.74) is 1.85. The zero-order valence-corrected chi connectivity index (χ0v) is 10.4. The van der Waals surface area contributed by atoms with Gasteiger partial charge < -0.3 is 9.84 Å². The smallest absolute Gasteiger partial charge is 0.244 e. The third kappa shape index (κ3) is 2.13. The van der Waals surface area contributed by atoms with Crippen molar-refractivity contribution < 1.29 is 4.52 Å². The van der Waals surface area contributed by atoms with E-state index in [1.165, 1.54) is 12.8 Å². The minimum atomic E-state index is 0.198. The molecule has 0 aliphatic carbocycles. The monoisotopic (exact) mass is 244 g/mol. The fraction of sp³-hybridized carbons (Fsp3) is 0.462. The van der Waals surface area contributed by atoms with Crippen LogP contribution in [0.15, 0.2) is 22.9 Å². The first kappa shape index (κ1) is 11.3. The van der Waals surface area contributed by atoms with Crippen LogP contribution >= 0.6 is 0 Å². The van der Waals surface area contributed by atoms with Crippen LogP contribution in [-0.4, -0.2) is 21.7 Å². The molecule has 1 N–H and O–H groups in total. The second kappa shape index (κ2) is 4.86. The molecule has 1 fully saturated rings. The second-order valence-corrected chi connectivity index (χ2v) is 4.63. The van der Waals surface area contributed by atoms with Gasteiger partial charge in [-0.25, -0.2) is 0 Å². The molecule has 1 saturated heterocycles. The van der Waals surface area contributed by atoms with Crippen LogP contribution in [0.1, 0.15) is 36.8 Å². The van der Waals surface area contributed by atoms with Crippen molar-refractivity contribution >= 4 is 0 Å². The minimum Gasteiger partial charge on any atom is -0.337 e. The molecule has 0 aromatic carbocycles. The highest BCUT2D eigenvalue weighted by atomic mass is 16.5. The molecule has 2 aromatic heterocycles. The summed E-state index contributed by atoms with van der Waals surface area (Å²) < 4.78 is 5.35. The molecule has 1 aliphatic heterocycles. The van der Waals surface area contributed by atoms with Gasteiger partial charge in [0.1, 0.15) is 5.69 Å². The zero-order valence-electron chi connectivity index (χ0n) is 10.4. The lowest BCUT2D eigenvalue weighted by Gasteiger charge is -2.19. The second-order valence-electron chi connectivity index (χ2n) is 4.63. The van der Waals surface area contributed by atoms with Crippen LogP contribution < -0.4 is 5.32 Å². The first-order valence-corrected chi connectivity index (χ1v) is 6.33. The molecule has 18 heavy (non-hydrogen) atoms. The molecule has 94 valence electrons. The fourth-order valence-electron chi connectivity index (χ4n) is 2.26. The van der Waals surface area contributed by atoms with E-state index in [0.717, 1.165) is 24.2 Å². The van der Waals surface area contributed by atoms with Gasteiger partial charge in [-0.1, -0.05) is 17.6 Å². The molecule has 0 unspecified atom stereocenters. The number of aryl methyl sites for hydroxylation is 1. The fourth-order valence-corrected chi connectivity index (χ4v) is 2.26. The summed E-state index contributed by atoms with van der Waals surface area (Å²) in [6.45, 7) is 3.02. The van der Waals surface area contributed by atoms with Crippen molar-refractivity contribution in [2.24, 2.45) is 0 Å². The molecule has 3 rings (SSSR count). The van der Waals surface area contributed by atoms with Gasteiger partial charge in [0.15, 0.2) is 0 Å². The number of hydrogen-bond donors (Lipinski definition) is 1. The standard InChI is InChI=1S/C13H16N4O/c1-9-5-4-8-15-11(9)12-16-13(18-17-12)10-6-2-3-7-14-10/h4-5,8,10,14H,2-3,6-7H2,1H3/t10-/m1/s1. The summed E-state index contributed by atoms with van der Waals surface area (Å²) in [5.74, 6) is 1.25. The SMILES string of the molecule is Cc1cccnc1-c1noc([C@H]2CCCCN2)n1. The van der Waals surface area contributed by atoms with Crippen molar-refractivity contribution in [2.75, 3.05) is 6.54 Å². The minimum absolute atomic E-state index is 0.198. The Labute approximate surface area is 106 Å². The van der Waals surface area contributed by atoms with Crippen molar-refractivity contribution in [2.45, 2.75) is 32.2 Å². The molecular formula is C13H16N4O. The average Bonchev–Trinajstić information content (AvgIpc) is 2.90. The molecule has 0 saturated carbocycles. The molecule has 1 aliphatic rings. The topological polar surface area (TPSA) is 63.8 Å². The Balaban J connectivity index is 1.87. The predicted molar refractivity (Wildman–Crippen MR) is 66.9 cm³/mol. The van der Waals surface area contributed by atoms with E-state index in [1.807, 2.05) is 19.1 Å². The molecule has 5 heteroatoms. The Kier molecular flexibility index (Phi) is 3.06. The van der Waals surface area contributed by atoms with Gasteiger partial charge in [0.25, 0.3) is 0 Å². The Morgan fingerprint density at radius 3 is 3.11 bits per heavy atom. The molecule has 0 spiro atoms. The highest BCUT2D eigenvalue weighted by Gasteiger charge is 2.21. The van der Waals surface area contributed by atoms with Crippen LogP contribution in [0.5, 0.6) is 0 Å². The van der Waals surface area contributed by atoms with Crippen LogP contribution in [0, 0.1) is 6.92 Å². The predicted octanol–water partition coefficient (Wildman–Crippen LogP) is 2.25. The van der Waals surface area contributed by atoms with E-state index < -0.39 is 0 Å². The van der Waals surface area contributed by atoms with Gasteiger partial charge in [0.05, 0.1) is 6.04 Å². The Bertz CT molecular complexity index is 531. The Morgan fingerprint density at radius 2 is 2.33 bits per heavy atom. The third-order valence-electron chi connectivity index (χ3n) is 3.27. The van der Waals surface area contributed by atoms with Gasteiger partial charge >= 0.3 is 0 Å². The highest BCUT2D eigenvalue weighted by Crippen LogP contribution is 2.24. The molecule has 0 bridgehead atoms. The number of rotatable bonds is 2. The lowest BCUT2D eigenvalue weighted by molar-refractivity contribution is 0.297. The number of aromatic nitrogens is 3. The van der Waals surface area contributed by atoms with E-state index in [-0.39, 0.29) is 6.04 Å². The summed E-state index contributed by atoms with van der Waals surface area (Å²) in [7, 11) is 0. The summed E-state index contributed by atoms with van der Waals surface area (Å²) >= 11 is 0. The zero-order chi connectivity index (χ0) is 12.4. The molecular weight excluding hydrogens is 228 g/mol. The normalized spacial score (nSPS) is 19.9. The maximum atomic E-state index is 5.35. The Morgan fingerprint density at radius 1 is 1.39 bits per heavy atom. The Hall–Kier alpha value is -1.75. The number of pyridine rings is 1. The lowest BCUT2D eigenvalue weighted by atomic mass is 10.1. The van der Waals surface area contributed by atoms with Gasteiger partial charge in [-0.15, -0.1) is 0 Å². The van der Waals surface area contributed by atoms with Gasteiger partial charge in [0.2, 0.25) is 11.7 Å². The van der Waals surface area contributed by atoms with E-state index in [4.69, 9.17) is 4.52 Å². The maximum Gasteiger partial charge on any atom is 0.244 e. The number of nitrogens with zero attached hydrogens (tertiary/aromatic N) is 3. The van der Waals surface area contributed by atoms with E-state index in [2.05, 4.69) is 20.4 Å². The first-order valence-electron chi connectivity index (χ1n) is 6.33. The van der Waals surface area contributed by atoms with Gasteiger partial charge in [-0.3, -0.25) is 4.98 Å². The van der Waals surface area contributed by atoms with Crippen LogP contribution in [0.4, 0.5) is 0 Å². The molecule has 2 aromatic rings. The molecule has 0 amide bonds. The van der Waals surface area contributed by atoms with Gasteiger partial charge in [-0.05, 0) is 37.9 Å². The average molecular weight is 244 g/mol. The van der Waals surface area contributed by atoms with Crippen molar-refractivity contribution in [3.05, 3.63) is 29.8 Å². The summed E-state index contributed by atoms with van der Waals surface area (Å²) in [6, 6.07) is 4.10. The van der Waals surface area contributed by atoms with Crippen molar-refractivity contribution in [3.63, 3.8) is 0 Å². The van der Waals surface area contributed by atoms with Crippen LogP contribution in [0.3, 0.4) is 0 Å². The third-order valence-corrected chi connectivity index (χ3v) is 3.27. The van der Waals surface area contributed by atoms with E-state index >= 15 is 0 Å². The van der Waals surface area contributed by atoms with Crippen molar-refractivity contribution in [1.82, 2.24) is 20.4 Å². The first-order chi connectivity index (χ1) is 8.84. The lowest BCUT2D eigenvalue weighted by Crippen LogP contribution is -2.26. The van der Waals surface area contributed by atoms with Crippen molar-refractivity contribution in [3.8, 4) is 11.5 Å².